The molecular weight excluding hydrogens is 235 g/mol. The summed E-state index contributed by atoms with van der Waals surface area (Å²) in [5.74, 6) is -0.401. The number of halogens is 3. The van der Waals surface area contributed by atoms with E-state index < -0.39 is 17.5 Å². The van der Waals surface area contributed by atoms with E-state index in [2.05, 4.69) is 5.32 Å². The fraction of sp³-hybridized carbons (Fsp3) is 0.455. The van der Waals surface area contributed by atoms with Crippen molar-refractivity contribution in [2.24, 2.45) is 0 Å². The van der Waals surface area contributed by atoms with Crippen molar-refractivity contribution in [3.05, 3.63) is 23.3 Å². The van der Waals surface area contributed by atoms with Crippen LogP contribution >= 0.6 is 0 Å². The number of alkyl halides is 3. The molecule has 0 radical (unpaired) electrons. The quantitative estimate of drug-likeness (QED) is 0.859. The smallest absolute Gasteiger partial charge is 0.416 e. The van der Waals surface area contributed by atoms with E-state index in [1.807, 2.05) is 0 Å². The lowest BCUT2D eigenvalue weighted by Crippen LogP contribution is -2.15. The SMILES string of the molecule is CNCCc1c(C(F)(F)F)ccc(OC)c1O. The van der Waals surface area contributed by atoms with Gasteiger partial charge in [-0.15, -0.1) is 0 Å². The summed E-state index contributed by atoms with van der Waals surface area (Å²) in [6.07, 6.45) is -4.40. The summed E-state index contributed by atoms with van der Waals surface area (Å²) in [6.45, 7) is 0.337. The fourth-order valence-electron chi connectivity index (χ4n) is 1.55. The zero-order chi connectivity index (χ0) is 13.1. The van der Waals surface area contributed by atoms with Crippen molar-refractivity contribution in [2.75, 3.05) is 20.7 Å². The average Bonchev–Trinajstić information content (AvgIpc) is 2.25. The highest BCUT2D eigenvalue weighted by atomic mass is 19.4. The first-order chi connectivity index (χ1) is 7.91. The second kappa shape index (κ2) is 5.27. The molecule has 6 heteroatoms. The van der Waals surface area contributed by atoms with Gasteiger partial charge in [0.25, 0.3) is 0 Å². The van der Waals surface area contributed by atoms with E-state index in [1.54, 1.807) is 7.05 Å². The minimum absolute atomic E-state index is 0.0455. The second-order valence-corrected chi connectivity index (χ2v) is 3.49. The summed E-state index contributed by atoms with van der Waals surface area (Å²) < 4.78 is 43.0. The lowest BCUT2D eigenvalue weighted by Gasteiger charge is -2.16. The van der Waals surface area contributed by atoms with Crippen molar-refractivity contribution >= 4 is 0 Å². The van der Waals surface area contributed by atoms with Crippen molar-refractivity contribution in [2.45, 2.75) is 12.6 Å². The maximum Gasteiger partial charge on any atom is 0.416 e. The maximum atomic E-state index is 12.7. The third-order valence-corrected chi connectivity index (χ3v) is 2.40. The summed E-state index contributed by atoms with van der Waals surface area (Å²) in [5, 5.41) is 12.4. The van der Waals surface area contributed by atoms with Crippen molar-refractivity contribution in [1.29, 1.82) is 0 Å². The molecule has 0 spiro atoms. The van der Waals surface area contributed by atoms with Gasteiger partial charge in [-0.1, -0.05) is 0 Å². The first-order valence-corrected chi connectivity index (χ1v) is 5.02. The standard InChI is InChI=1S/C11H14F3NO2/c1-15-6-5-7-8(11(12,13)14)3-4-9(17-2)10(7)16/h3-4,15-16H,5-6H2,1-2H3. The van der Waals surface area contributed by atoms with Gasteiger partial charge >= 0.3 is 6.18 Å². The monoisotopic (exact) mass is 249 g/mol. The number of ether oxygens (including phenoxy) is 1. The average molecular weight is 249 g/mol. The predicted octanol–water partition coefficient (Wildman–Crippen LogP) is 2.18. The van der Waals surface area contributed by atoms with E-state index >= 15 is 0 Å². The van der Waals surface area contributed by atoms with Crippen LogP contribution in [0.2, 0.25) is 0 Å². The van der Waals surface area contributed by atoms with Crippen LogP contribution in [0, 0.1) is 0 Å². The Morgan fingerprint density at radius 2 is 2.00 bits per heavy atom. The van der Waals surface area contributed by atoms with Crippen LogP contribution in [-0.2, 0) is 12.6 Å². The molecule has 0 aliphatic rings. The third-order valence-electron chi connectivity index (χ3n) is 2.40. The van der Waals surface area contributed by atoms with Gasteiger partial charge in [0, 0.05) is 5.56 Å². The third kappa shape index (κ3) is 3.03. The molecule has 0 aliphatic heterocycles. The number of methoxy groups -OCH3 is 1. The Hall–Kier alpha value is -1.43. The van der Waals surface area contributed by atoms with Crippen LogP contribution in [0.4, 0.5) is 13.2 Å². The maximum absolute atomic E-state index is 12.7. The normalized spacial score (nSPS) is 11.6. The Morgan fingerprint density at radius 3 is 2.47 bits per heavy atom. The summed E-state index contributed by atoms with van der Waals surface area (Å²) in [5.41, 5.74) is -0.975. The Bertz CT molecular complexity index is 391. The van der Waals surface area contributed by atoms with Gasteiger partial charge in [0.05, 0.1) is 12.7 Å². The van der Waals surface area contributed by atoms with Crippen LogP contribution in [0.15, 0.2) is 12.1 Å². The molecular formula is C11H14F3NO2. The molecule has 1 rings (SSSR count). The Morgan fingerprint density at radius 1 is 1.35 bits per heavy atom. The highest BCUT2D eigenvalue weighted by molar-refractivity contribution is 5.50. The van der Waals surface area contributed by atoms with Crippen LogP contribution in [0.1, 0.15) is 11.1 Å². The number of hydrogen-bond acceptors (Lipinski definition) is 3. The topological polar surface area (TPSA) is 41.5 Å². The van der Waals surface area contributed by atoms with Gasteiger partial charge in [0.1, 0.15) is 0 Å². The number of aromatic hydroxyl groups is 1. The number of benzene rings is 1. The zero-order valence-electron chi connectivity index (χ0n) is 9.56. The molecule has 0 saturated heterocycles. The van der Waals surface area contributed by atoms with Gasteiger partial charge < -0.3 is 15.2 Å². The summed E-state index contributed by atoms with van der Waals surface area (Å²) in [7, 11) is 2.93. The van der Waals surface area contributed by atoms with Crippen LogP contribution in [-0.4, -0.2) is 25.8 Å². The number of likely N-dealkylation sites (N-methyl/N-ethyl adjacent to an activating group) is 1. The highest BCUT2D eigenvalue weighted by Crippen LogP contribution is 2.40. The molecule has 17 heavy (non-hydrogen) atoms. The van der Waals surface area contributed by atoms with Gasteiger partial charge in [-0.05, 0) is 32.1 Å². The van der Waals surface area contributed by atoms with Crippen molar-refractivity contribution in [3.8, 4) is 11.5 Å². The van der Waals surface area contributed by atoms with E-state index in [0.29, 0.717) is 6.54 Å². The highest BCUT2D eigenvalue weighted by Gasteiger charge is 2.35. The fourth-order valence-corrected chi connectivity index (χ4v) is 1.55. The molecule has 0 aromatic heterocycles. The number of phenolic OH excluding ortho intramolecular Hbond substituents is 1. The Balaban J connectivity index is 3.25. The number of rotatable bonds is 4. The van der Waals surface area contributed by atoms with Crippen molar-refractivity contribution in [1.82, 2.24) is 5.32 Å². The minimum Gasteiger partial charge on any atom is -0.504 e. The lowest BCUT2D eigenvalue weighted by molar-refractivity contribution is -0.138. The Kier molecular flexibility index (Phi) is 4.22. The van der Waals surface area contributed by atoms with Gasteiger partial charge in [-0.25, -0.2) is 0 Å². The molecule has 0 aliphatic carbocycles. The van der Waals surface area contributed by atoms with Crippen LogP contribution in [0.25, 0.3) is 0 Å². The van der Waals surface area contributed by atoms with Crippen LogP contribution < -0.4 is 10.1 Å². The van der Waals surface area contributed by atoms with E-state index in [9.17, 15) is 18.3 Å². The van der Waals surface area contributed by atoms with Crippen molar-refractivity contribution in [3.63, 3.8) is 0 Å². The predicted molar refractivity (Wildman–Crippen MR) is 57.3 cm³/mol. The van der Waals surface area contributed by atoms with Gasteiger partial charge in [0.15, 0.2) is 11.5 Å². The summed E-state index contributed by atoms with van der Waals surface area (Å²) >= 11 is 0. The number of hydrogen-bond donors (Lipinski definition) is 2. The Labute approximate surface area is 97.2 Å². The molecule has 1 aromatic carbocycles. The lowest BCUT2D eigenvalue weighted by atomic mass is 10.0. The first kappa shape index (κ1) is 13.6. The zero-order valence-corrected chi connectivity index (χ0v) is 9.56. The van der Waals surface area contributed by atoms with Gasteiger partial charge in [-0.2, -0.15) is 13.2 Å². The number of nitrogens with one attached hydrogen (secondary N) is 1. The molecule has 1 aromatic rings. The summed E-state index contributed by atoms with van der Waals surface area (Å²) in [6, 6.07) is 2.03. The van der Waals surface area contributed by atoms with E-state index in [0.717, 1.165) is 12.1 Å². The number of phenols is 1. The van der Waals surface area contributed by atoms with E-state index in [4.69, 9.17) is 4.74 Å². The molecule has 0 atom stereocenters. The van der Waals surface area contributed by atoms with Gasteiger partial charge in [0.2, 0.25) is 0 Å². The molecule has 0 bridgehead atoms. The molecule has 0 heterocycles. The molecule has 3 nitrogen and oxygen atoms in total. The first-order valence-electron chi connectivity index (χ1n) is 5.02. The van der Waals surface area contributed by atoms with E-state index in [1.165, 1.54) is 7.11 Å². The molecule has 96 valence electrons. The molecule has 0 unspecified atom stereocenters. The van der Waals surface area contributed by atoms with Crippen LogP contribution in [0.5, 0.6) is 11.5 Å². The minimum atomic E-state index is -4.48. The molecule has 0 fully saturated rings. The molecule has 0 saturated carbocycles. The molecule has 0 amide bonds. The van der Waals surface area contributed by atoms with Crippen LogP contribution in [0.3, 0.4) is 0 Å². The van der Waals surface area contributed by atoms with Crippen molar-refractivity contribution < 1.29 is 23.0 Å². The second-order valence-electron chi connectivity index (χ2n) is 3.49. The van der Waals surface area contributed by atoms with E-state index in [-0.39, 0.29) is 17.7 Å². The summed E-state index contributed by atoms with van der Waals surface area (Å²) in [4.78, 5) is 0. The van der Waals surface area contributed by atoms with Gasteiger partial charge in [-0.3, -0.25) is 0 Å². The largest absolute Gasteiger partial charge is 0.504 e. The molecule has 2 N–H and O–H groups in total.